The molecule has 17 heavy (non-hydrogen) atoms. The van der Waals surface area contributed by atoms with Gasteiger partial charge in [0.1, 0.15) is 0 Å². The maximum atomic E-state index is 8.80. The van der Waals surface area contributed by atoms with Crippen molar-refractivity contribution in [1.29, 1.82) is 5.26 Å². The van der Waals surface area contributed by atoms with E-state index in [-0.39, 0.29) is 0 Å². The minimum atomic E-state index is 0.662. The third kappa shape index (κ3) is 4.61. The summed E-state index contributed by atoms with van der Waals surface area (Å²) in [5.41, 5.74) is 2.15. The lowest BCUT2D eigenvalue weighted by atomic mass is 9.88. The van der Waals surface area contributed by atoms with Crippen LogP contribution in [-0.2, 0) is 0 Å². The molecule has 0 aromatic heterocycles. The Balaban J connectivity index is 2.71. The first-order valence-corrected chi connectivity index (χ1v) is 6.67. The molecule has 1 aromatic rings. The van der Waals surface area contributed by atoms with E-state index in [1.54, 1.807) is 0 Å². The van der Waals surface area contributed by atoms with E-state index in [0.29, 0.717) is 5.92 Å². The Bertz CT molecular complexity index is 356. The zero-order valence-corrected chi connectivity index (χ0v) is 11.2. The summed E-state index contributed by atoms with van der Waals surface area (Å²) in [6.45, 7) is 6.80. The molecule has 0 aliphatic rings. The number of rotatable bonds is 6. The van der Waals surface area contributed by atoms with Gasteiger partial charge < -0.3 is 0 Å². The van der Waals surface area contributed by atoms with Gasteiger partial charge in [-0.15, -0.1) is 0 Å². The fourth-order valence-corrected chi connectivity index (χ4v) is 2.19. The van der Waals surface area contributed by atoms with Gasteiger partial charge in [-0.05, 0) is 42.4 Å². The van der Waals surface area contributed by atoms with E-state index < -0.39 is 0 Å². The highest BCUT2D eigenvalue weighted by atomic mass is 14.2. The van der Waals surface area contributed by atoms with Gasteiger partial charge in [0.05, 0.1) is 11.6 Å². The topological polar surface area (TPSA) is 23.8 Å². The molecule has 1 atom stereocenters. The lowest BCUT2D eigenvalue weighted by Gasteiger charge is -2.17. The van der Waals surface area contributed by atoms with Crippen molar-refractivity contribution in [2.45, 2.75) is 52.4 Å². The molecule has 0 saturated carbocycles. The van der Waals surface area contributed by atoms with Gasteiger partial charge in [0.2, 0.25) is 0 Å². The van der Waals surface area contributed by atoms with E-state index in [9.17, 15) is 0 Å². The van der Waals surface area contributed by atoms with E-state index in [1.165, 1.54) is 31.2 Å². The molecule has 92 valence electrons. The third-order valence-electron chi connectivity index (χ3n) is 3.24. The van der Waals surface area contributed by atoms with Crippen molar-refractivity contribution in [3.63, 3.8) is 0 Å². The zero-order chi connectivity index (χ0) is 12.7. The largest absolute Gasteiger partial charge is 0.192 e. The number of nitrogens with zero attached hydrogens (tertiary/aromatic N) is 1. The summed E-state index contributed by atoms with van der Waals surface area (Å²) < 4.78 is 0. The van der Waals surface area contributed by atoms with Crippen LogP contribution < -0.4 is 0 Å². The second-order valence-electron chi connectivity index (χ2n) is 5.19. The van der Waals surface area contributed by atoms with Crippen LogP contribution >= 0.6 is 0 Å². The summed E-state index contributed by atoms with van der Waals surface area (Å²) in [6.07, 6.45) is 5.02. The van der Waals surface area contributed by atoms with Crippen LogP contribution in [0.5, 0.6) is 0 Å². The van der Waals surface area contributed by atoms with E-state index in [4.69, 9.17) is 5.26 Å². The predicted octanol–water partition coefficient (Wildman–Crippen LogP) is 4.88. The van der Waals surface area contributed by atoms with Crippen LogP contribution in [0.2, 0.25) is 0 Å². The highest BCUT2D eigenvalue weighted by Crippen LogP contribution is 2.28. The Hall–Kier alpha value is -1.29. The fourth-order valence-electron chi connectivity index (χ4n) is 2.19. The Morgan fingerprint density at radius 1 is 1.06 bits per heavy atom. The van der Waals surface area contributed by atoms with Crippen LogP contribution in [0.4, 0.5) is 0 Å². The molecule has 0 heterocycles. The monoisotopic (exact) mass is 229 g/mol. The number of nitriles is 1. The van der Waals surface area contributed by atoms with Crippen LogP contribution in [0.3, 0.4) is 0 Å². The SMILES string of the molecule is CCCC(CCC(C)C)c1ccc(C#N)cc1. The van der Waals surface area contributed by atoms with Crippen molar-refractivity contribution in [2.75, 3.05) is 0 Å². The van der Waals surface area contributed by atoms with Gasteiger partial charge in [-0.3, -0.25) is 0 Å². The van der Waals surface area contributed by atoms with Crippen LogP contribution in [0.25, 0.3) is 0 Å². The van der Waals surface area contributed by atoms with Gasteiger partial charge in [-0.2, -0.15) is 5.26 Å². The highest BCUT2D eigenvalue weighted by molar-refractivity contribution is 5.33. The first-order valence-electron chi connectivity index (χ1n) is 6.67. The number of hydrogen-bond donors (Lipinski definition) is 0. The van der Waals surface area contributed by atoms with Gasteiger partial charge >= 0.3 is 0 Å². The molecule has 1 unspecified atom stereocenters. The van der Waals surface area contributed by atoms with Gasteiger partial charge in [0.15, 0.2) is 0 Å². The highest BCUT2D eigenvalue weighted by Gasteiger charge is 2.11. The number of hydrogen-bond acceptors (Lipinski definition) is 1. The maximum Gasteiger partial charge on any atom is 0.0991 e. The molecular weight excluding hydrogens is 206 g/mol. The molecule has 0 saturated heterocycles. The second-order valence-corrected chi connectivity index (χ2v) is 5.19. The Morgan fingerprint density at radius 2 is 1.71 bits per heavy atom. The summed E-state index contributed by atoms with van der Waals surface area (Å²) in [5, 5.41) is 8.80. The Kier molecular flexibility index (Phi) is 5.77. The minimum absolute atomic E-state index is 0.662. The third-order valence-corrected chi connectivity index (χ3v) is 3.24. The van der Waals surface area contributed by atoms with Crippen LogP contribution in [0.15, 0.2) is 24.3 Å². The Morgan fingerprint density at radius 3 is 2.18 bits per heavy atom. The van der Waals surface area contributed by atoms with Gasteiger partial charge in [-0.1, -0.05) is 45.7 Å². The van der Waals surface area contributed by atoms with Crippen molar-refractivity contribution in [1.82, 2.24) is 0 Å². The molecule has 1 rings (SSSR count). The van der Waals surface area contributed by atoms with Crippen LogP contribution in [0.1, 0.15) is 63.5 Å². The summed E-state index contributed by atoms with van der Waals surface area (Å²) >= 11 is 0. The van der Waals surface area contributed by atoms with Crippen molar-refractivity contribution in [3.05, 3.63) is 35.4 Å². The molecule has 0 radical (unpaired) electrons. The Labute approximate surface area is 105 Å². The molecular formula is C16H23N. The van der Waals surface area contributed by atoms with Gasteiger partial charge in [0, 0.05) is 0 Å². The van der Waals surface area contributed by atoms with Crippen molar-refractivity contribution < 1.29 is 0 Å². The lowest BCUT2D eigenvalue weighted by molar-refractivity contribution is 0.478. The average Bonchev–Trinajstić information content (AvgIpc) is 2.34. The molecule has 0 fully saturated rings. The zero-order valence-electron chi connectivity index (χ0n) is 11.2. The first kappa shape index (κ1) is 13.8. The molecule has 0 aliphatic carbocycles. The summed E-state index contributed by atoms with van der Waals surface area (Å²) in [6, 6.07) is 10.3. The average molecular weight is 229 g/mol. The van der Waals surface area contributed by atoms with Gasteiger partial charge in [0.25, 0.3) is 0 Å². The van der Waals surface area contributed by atoms with E-state index in [2.05, 4.69) is 39.0 Å². The molecule has 0 amide bonds. The van der Waals surface area contributed by atoms with Crippen molar-refractivity contribution in [2.24, 2.45) is 5.92 Å². The summed E-state index contributed by atoms with van der Waals surface area (Å²) in [4.78, 5) is 0. The molecule has 1 heteroatoms. The predicted molar refractivity (Wildman–Crippen MR) is 72.9 cm³/mol. The number of benzene rings is 1. The molecule has 1 nitrogen and oxygen atoms in total. The van der Waals surface area contributed by atoms with Crippen LogP contribution in [-0.4, -0.2) is 0 Å². The molecule has 1 aromatic carbocycles. The van der Waals surface area contributed by atoms with Gasteiger partial charge in [-0.25, -0.2) is 0 Å². The molecule has 0 aliphatic heterocycles. The molecule has 0 spiro atoms. The normalized spacial score (nSPS) is 12.4. The second kappa shape index (κ2) is 7.12. The van der Waals surface area contributed by atoms with Crippen molar-refractivity contribution >= 4 is 0 Å². The first-order chi connectivity index (χ1) is 8.17. The molecule has 0 bridgehead atoms. The molecule has 0 N–H and O–H groups in total. The van der Waals surface area contributed by atoms with Crippen LogP contribution in [0, 0.1) is 17.2 Å². The smallest absolute Gasteiger partial charge is 0.0991 e. The minimum Gasteiger partial charge on any atom is -0.192 e. The van der Waals surface area contributed by atoms with E-state index >= 15 is 0 Å². The standard InChI is InChI=1S/C16H23N/c1-4-5-15(9-6-13(2)3)16-10-7-14(12-17)8-11-16/h7-8,10-11,13,15H,4-6,9H2,1-3H3. The van der Waals surface area contributed by atoms with E-state index in [1.807, 2.05) is 12.1 Å². The van der Waals surface area contributed by atoms with E-state index in [0.717, 1.165) is 11.5 Å². The quantitative estimate of drug-likeness (QED) is 0.682. The fraction of sp³-hybridized carbons (Fsp3) is 0.562. The van der Waals surface area contributed by atoms with Crippen molar-refractivity contribution in [3.8, 4) is 6.07 Å². The lowest BCUT2D eigenvalue weighted by Crippen LogP contribution is -2.01. The summed E-state index contributed by atoms with van der Waals surface area (Å²) in [7, 11) is 0. The maximum absolute atomic E-state index is 8.80. The summed E-state index contributed by atoms with van der Waals surface area (Å²) in [5.74, 6) is 1.43.